The first-order valence-electron chi connectivity index (χ1n) is 8.06. The van der Waals surface area contributed by atoms with Crippen LogP contribution in [-0.2, 0) is 0 Å². The van der Waals surface area contributed by atoms with Crippen molar-refractivity contribution in [3.63, 3.8) is 0 Å². The predicted molar refractivity (Wildman–Crippen MR) is 108 cm³/mol. The summed E-state index contributed by atoms with van der Waals surface area (Å²) in [7, 11) is 5.83. The molecule has 2 heteroatoms. The van der Waals surface area contributed by atoms with E-state index in [0.29, 0.717) is 0 Å². The van der Waals surface area contributed by atoms with Gasteiger partial charge in [-0.2, -0.15) is 0 Å². The van der Waals surface area contributed by atoms with Crippen LogP contribution in [0.4, 0.5) is 0 Å². The maximum atomic E-state index is 4.11. The zero-order chi connectivity index (χ0) is 17.9. The maximum absolute atomic E-state index is 4.11. The van der Waals surface area contributed by atoms with E-state index in [1.165, 1.54) is 11.1 Å². The third-order valence-corrected chi connectivity index (χ3v) is 3.62. The lowest BCUT2D eigenvalue weighted by atomic mass is 9.99. The topological polar surface area (TPSA) is 15.6 Å². The molecule has 1 aromatic carbocycles. The molecule has 0 bridgehead atoms. The maximum Gasteiger partial charge on any atom is 0.0317 e. The molecule has 2 nitrogen and oxygen atoms in total. The van der Waals surface area contributed by atoms with E-state index in [1.54, 1.807) is 7.05 Å². The van der Waals surface area contributed by atoms with Crippen LogP contribution in [0.15, 0.2) is 83.6 Å². The SMILES string of the molecule is C=C(/C=C\C(=C/C)N(C)C)/C=C/C(=C/C=N/C)c1ccccc1C. The zero-order valence-corrected chi connectivity index (χ0v) is 15.5. The highest BCUT2D eigenvalue weighted by molar-refractivity contribution is 5.89. The molecule has 1 aromatic rings. The summed E-state index contributed by atoms with van der Waals surface area (Å²) < 4.78 is 0. The van der Waals surface area contributed by atoms with Crippen molar-refractivity contribution in [2.24, 2.45) is 4.99 Å². The average Bonchev–Trinajstić information content (AvgIpc) is 2.56. The molecule has 24 heavy (non-hydrogen) atoms. The third-order valence-electron chi connectivity index (χ3n) is 3.62. The first kappa shape index (κ1) is 19.4. The molecule has 0 N–H and O–H groups in total. The van der Waals surface area contributed by atoms with Gasteiger partial charge in [0.1, 0.15) is 0 Å². The largest absolute Gasteiger partial charge is 0.378 e. The van der Waals surface area contributed by atoms with Crippen LogP contribution in [0, 0.1) is 6.92 Å². The molecule has 0 atom stereocenters. The van der Waals surface area contributed by atoms with Gasteiger partial charge in [0.25, 0.3) is 0 Å². The van der Waals surface area contributed by atoms with Crippen molar-refractivity contribution < 1.29 is 0 Å². The van der Waals surface area contributed by atoms with Gasteiger partial charge in [0.15, 0.2) is 0 Å². The molecule has 0 saturated carbocycles. The highest BCUT2D eigenvalue weighted by Gasteiger charge is 2.00. The third kappa shape index (κ3) is 6.25. The summed E-state index contributed by atoms with van der Waals surface area (Å²) in [5.74, 6) is 0. The minimum atomic E-state index is 0.948. The lowest BCUT2D eigenvalue weighted by Crippen LogP contribution is -2.08. The lowest BCUT2D eigenvalue weighted by molar-refractivity contribution is 0.529. The minimum absolute atomic E-state index is 0.948. The quantitative estimate of drug-likeness (QED) is 0.497. The van der Waals surface area contributed by atoms with E-state index in [0.717, 1.165) is 16.8 Å². The summed E-state index contributed by atoms with van der Waals surface area (Å²) in [6.07, 6.45) is 14.1. The van der Waals surface area contributed by atoms with Gasteiger partial charge in [0, 0.05) is 33.1 Å². The fourth-order valence-electron chi connectivity index (χ4n) is 2.24. The van der Waals surface area contributed by atoms with E-state index < -0.39 is 0 Å². The van der Waals surface area contributed by atoms with E-state index >= 15 is 0 Å². The van der Waals surface area contributed by atoms with Crippen molar-refractivity contribution in [1.29, 1.82) is 0 Å². The number of likely N-dealkylation sites (N-methyl/N-ethyl adjacent to an activating group) is 1. The molecule has 0 unspecified atom stereocenters. The molecule has 0 heterocycles. The Kier molecular flexibility index (Phi) is 8.28. The van der Waals surface area contributed by atoms with Crippen LogP contribution in [0.25, 0.3) is 5.57 Å². The second-order valence-electron chi connectivity index (χ2n) is 5.69. The summed E-state index contributed by atoms with van der Waals surface area (Å²) in [6.45, 7) is 8.25. The fourth-order valence-corrected chi connectivity index (χ4v) is 2.24. The van der Waals surface area contributed by atoms with Crippen LogP contribution in [0.5, 0.6) is 0 Å². The fraction of sp³-hybridized carbons (Fsp3) is 0.227. The number of aryl methyl sites for hydroxylation is 1. The molecule has 0 aliphatic rings. The van der Waals surface area contributed by atoms with Crippen LogP contribution < -0.4 is 0 Å². The van der Waals surface area contributed by atoms with E-state index in [1.807, 2.05) is 45.5 Å². The Morgan fingerprint density at radius 1 is 1.08 bits per heavy atom. The molecule has 1 rings (SSSR count). The monoisotopic (exact) mass is 320 g/mol. The summed E-state index contributed by atoms with van der Waals surface area (Å²) in [4.78, 5) is 6.14. The molecule has 126 valence electrons. The highest BCUT2D eigenvalue weighted by atomic mass is 15.1. The number of nitrogens with zero attached hydrogens (tertiary/aromatic N) is 2. The minimum Gasteiger partial charge on any atom is -0.378 e. The molecule has 0 spiro atoms. The molecular weight excluding hydrogens is 292 g/mol. The van der Waals surface area contributed by atoms with E-state index in [9.17, 15) is 0 Å². The van der Waals surface area contributed by atoms with Crippen molar-refractivity contribution in [2.45, 2.75) is 13.8 Å². The molecule has 0 fully saturated rings. The van der Waals surface area contributed by atoms with Crippen molar-refractivity contribution in [2.75, 3.05) is 21.1 Å². The summed E-state index contributed by atoms with van der Waals surface area (Å²) in [5, 5.41) is 0. The van der Waals surface area contributed by atoms with E-state index in [4.69, 9.17) is 0 Å². The standard InChI is InChI=1S/C22H28N2/c1-7-21(24(5)6)15-13-18(2)12-14-20(16-17-23-4)22-11-9-8-10-19(22)3/h7-17H,2H2,1,3-6H3/b14-12+,15-13-,20-16-,21-7+,23-17+. The van der Waals surface area contributed by atoms with Crippen molar-refractivity contribution in [1.82, 2.24) is 4.90 Å². The number of hydrogen-bond acceptors (Lipinski definition) is 2. The smallest absolute Gasteiger partial charge is 0.0317 e. The first-order chi connectivity index (χ1) is 11.5. The molecule has 0 radical (unpaired) electrons. The van der Waals surface area contributed by atoms with E-state index in [2.05, 4.69) is 65.9 Å². The highest BCUT2D eigenvalue weighted by Crippen LogP contribution is 2.20. The second kappa shape index (κ2) is 10.2. The molecule has 0 aliphatic carbocycles. The number of hydrogen-bond donors (Lipinski definition) is 0. The Morgan fingerprint density at radius 2 is 1.75 bits per heavy atom. The van der Waals surface area contributed by atoms with Gasteiger partial charge in [0.2, 0.25) is 0 Å². The van der Waals surface area contributed by atoms with Crippen LogP contribution >= 0.6 is 0 Å². The van der Waals surface area contributed by atoms with Gasteiger partial charge in [-0.25, -0.2) is 0 Å². The first-order valence-corrected chi connectivity index (χ1v) is 8.06. The van der Waals surface area contributed by atoms with Gasteiger partial charge in [-0.15, -0.1) is 0 Å². The number of rotatable bonds is 7. The Labute approximate surface area is 146 Å². The number of allylic oxidation sites excluding steroid dienone is 8. The Balaban J connectivity index is 3.00. The average molecular weight is 320 g/mol. The molecular formula is C22H28N2. The Bertz CT molecular complexity index is 698. The predicted octanol–water partition coefficient (Wildman–Crippen LogP) is 5.21. The van der Waals surface area contributed by atoms with Gasteiger partial charge in [0.05, 0.1) is 0 Å². The Hall–Kier alpha value is -2.61. The molecule has 0 aromatic heterocycles. The normalized spacial score (nSPS) is 13.4. The van der Waals surface area contributed by atoms with Crippen LogP contribution in [0.1, 0.15) is 18.1 Å². The van der Waals surface area contributed by atoms with Crippen LogP contribution in [-0.4, -0.2) is 32.3 Å². The van der Waals surface area contributed by atoms with Crippen molar-refractivity contribution in [3.05, 3.63) is 89.7 Å². The summed E-state index contributed by atoms with van der Waals surface area (Å²) >= 11 is 0. The number of benzene rings is 1. The van der Waals surface area contributed by atoms with Crippen molar-refractivity contribution >= 4 is 11.8 Å². The molecule has 0 amide bonds. The molecule has 0 aliphatic heterocycles. The van der Waals surface area contributed by atoms with Gasteiger partial charge >= 0.3 is 0 Å². The second-order valence-corrected chi connectivity index (χ2v) is 5.69. The summed E-state index contributed by atoms with van der Waals surface area (Å²) in [6, 6.07) is 8.34. The van der Waals surface area contributed by atoms with Gasteiger partial charge in [-0.05, 0) is 48.3 Å². The lowest BCUT2D eigenvalue weighted by Gasteiger charge is -2.12. The zero-order valence-electron chi connectivity index (χ0n) is 15.5. The number of aliphatic imine (C=N–C) groups is 1. The Morgan fingerprint density at radius 3 is 2.33 bits per heavy atom. The molecule has 0 saturated heterocycles. The van der Waals surface area contributed by atoms with Gasteiger partial charge in [-0.3, -0.25) is 4.99 Å². The van der Waals surface area contributed by atoms with Crippen LogP contribution in [0.2, 0.25) is 0 Å². The van der Waals surface area contributed by atoms with Gasteiger partial charge in [-0.1, -0.05) is 55.1 Å². The van der Waals surface area contributed by atoms with E-state index in [-0.39, 0.29) is 0 Å². The van der Waals surface area contributed by atoms with Crippen LogP contribution in [0.3, 0.4) is 0 Å². The summed E-state index contributed by atoms with van der Waals surface area (Å²) in [5.41, 5.74) is 5.66. The van der Waals surface area contributed by atoms with Gasteiger partial charge < -0.3 is 4.90 Å². The van der Waals surface area contributed by atoms with Crippen molar-refractivity contribution in [3.8, 4) is 0 Å².